The molecule has 0 spiro atoms. The Morgan fingerprint density at radius 3 is 2.25 bits per heavy atom. The molecule has 0 aliphatic rings. The van der Waals surface area contributed by atoms with Crippen molar-refractivity contribution in [3.8, 4) is 0 Å². The van der Waals surface area contributed by atoms with E-state index in [1.165, 1.54) is 5.39 Å². The van der Waals surface area contributed by atoms with Crippen LogP contribution in [0, 0.1) is 0 Å². The Morgan fingerprint density at radius 1 is 0.857 bits per heavy atom. The number of fused-ring (bicyclic) bond motifs is 1. The number of carbonyl (C=O) groups excluding carboxylic acids is 2. The standard InChI is InChI=1S/C23H25N3O2/c1-17(19-13-12-18-8-6-7-9-20(18)14-19)24-22(27)15-26(2)16-23(28)25-21-10-4-3-5-11-21/h3-14,17H,15-16H2,1-2H3,(H,24,27)(H,25,28). The number of carbonyl (C=O) groups is 2. The molecular formula is C23H25N3O2. The molecule has 2 amide bonds. The number of anilines is 1. The summed E-state index contributed by atoms with van der Waals surface area (Å²) in [6, 6.07) is 23.5. The van der Waals surface area contributed by atoms with Crippen molar-refractivity contribution in [3.63, 3.8) is 0 Å². The van der Waals surface area contributed by atoms with Gasteiger partial charge in [-0.15, -0.1) is 0 Å². The van der Waals surface area contributed by atoms with Gasteiger partial charge in [0.25, 0.3) is 0 Å². The Bertz CT molecular complexity index is 956. The van der Waals surface area contributed by atoms with Gasteiger partial charge in [-0.3, -0.25) is 14.5 Å². The van der Waals surface area contributed by atoms with Gasteiger partial charge in [0.15, 0.2) is 0 Å². The highest BCUT2D eigenvalue weighted by Crippen LogP contribution is 2.20. The maximum absolute atomic E-state index is 12.4. The van der Waals surface area contributed by atoms with Crippen LogP contribution in [0.3, 0.4) is 0 Å². The van der Waals surface area contributed by atoms with E-state index in [1.807, 2.05) is 55.5 Å². The minimum absolute atomic E-state index is 0.108. The zero-order valence-electron chi connectivity index (χ0n) is 16.2. The van der Waals surface area contributed by atoms with Gasteiger partial charge >= 0.3 is 0 Å². The van der Waals surface area contributed by atoms with Crippen molar-refractivity contribution in [3.05, 3.63) is 78.4 Å². The van der Waals surface area contributed by atoms with E-state index in [0.29, 0.717) is 0 Å². The smallest absolute Gasteiger partial charge is 0.238 e. The molecule has 3 aromatic carbocycles. The number of hydrogen-bond donors (Lipinski definition) is 2. The number of rotatable bonds is 7. The highest BCUT2D eigenvalue weighted by atomic mass is 16.2. The SMILES string of the molecule is CC(NC(=O)CN(C)CC(=O)Nc1ccccc1)c1ccc2ccccc2c1. The number of para-hydroxylation sites is 1. The molecule has 0 saturated carbocycles. The maximum atomic E-state index is 12.4. The Hall–Kier alpha value is -3.18. The molecule has 1 unspecified atom stereocenters. The van der Waals surface area contributed by atoms with Crippen LogP contribution in [0.4, 0.5) is 5.69 Å². The van der Waals surface area contributed by atoms with Gasteiger partial charge in [0.2, 0.25) is 11.8 Å². The molecule has 1 atom stereocenters. The first-order chi connectivity index (χ1) is 13.5. The predicted octanol–water partition coefficient (Wildman–Crippen LogP) is 3.59. The third-order valence-corrected chi connectivity index (χ3v) is 4.54. The first kappa shape index (κ1) is 19.6. The summed E-state index contributed by atoms with van der Waals surface area (Å²) in [5, 5.41) is 8.14. The molecule has 144 valence electrons. The molecule has 0 aliphatic heterocycles. The largest absolute Gasteiger partial charge is 0.348 e. The van der Waals surface area contributed by atoms with Crippen LogP contribution in [-0.2, 0) is 9.59 Å². The van der Waals surface area contributed by atoms with Gasteiger partial charge in [-0.1, -0.05) is 54.6 Å². The average molecular weight is 375 g/mol. The zero-order valence-corrected chi connectivity index (χ0v) is 16.2. The number of hydrogen-bond acceptors (Lipinski definition) is 3. The first-order valence-corrected chi connectivity index (χ1v) is 9.33. The van der Waals surface area contributed by atoms with Gasteiger partial charge in [-0.2, -0.15) is 0 Å². The minimum Gasteiger partial charge on any atom is -0.348 e. The summed E-state index contributed by atoms with van der Waals surface area (Å²) >= 11 is 0. The maximum Gasteiger partial charge on any atom is 0.238 e. The number of nitrogens with one attached hydrogen (secondary N) is 2. The van der Waals surface area contributed by atoms with E-state index in [-0.39, 0.29) is 30.9 Å². The van der Waals surface area contributed by atoms with Crippen LogP contribution < -0.4 is 10.6 Å². The summed E-state index contributed by atoms with van der Waals surface area (Å²) < 4.78 is 0. The van der Waals surface area contributed by atoms with Crippen molar-refractivity contribution in [2.45, 2.75) is 13.0 Å². The lowest BCUT2D eigenvalue weighted by Gasteiger charge is -2.19. The van der Waals surface area contributed by atoms with Crippen molar-refractivity contribution in [1.29, 1.82) is 0 Å². The number of amides is 2. The average Bonchev–Trinajstić information content (AvgIpc) is 2.67. The van der Waals surface area contributed by atoms with Crippen LogP contribution in [0.25, 0.3) is 10.8 Å². The van der Waals surface area contributed by atoms with Gasteiger partial charge in [0, 0.05) is 5.69 Å². The first-order valence-electron chi connectivity index (χ1n) is 9.33. The normalized spacial score (nSPS) is 12.0. The Kier molecular flexibility index (Phi) is 6.40. The summed E-state index contributed by atoms with van der Waals surface area (Å²) in [6.45, 7) is 2.26. The highest BCUT2D eigenvalue weighted by molar-refractivity contribution is 5.92. The molecule has 0 bridgehead atoms. The summed E-state index contributed by atoms with van der Waals surface area (Å²) in [7, 11) is 1.75. The molecule has 2 N–H and O–H groups in total. The van der Waals surface area contributed by atoms with Crippen LogP contribution in [0.1, 0.15) is 18.5 Å². The second-order valence-electron chi connectivity index (χ2n) is 6.98. The molecule has 3 rings (SSSR count). The fraction of sp³-hybridized carbons (Fsp3) is 0.217. The summed E-state index contributed by atoms with van der Waals surface area (Å²) in [5.41, 5.74) is 1.80. The Morgan fingerprint density at radius 2 is 1.50 bits per heavy atom. The van der Waals surface area contributed by atoms with Crippen LogP contribution >= 0.6 is 0 Å². The van der Waals surface area contributed by atoms with E-state index in [2.05, 4.69) is 34.9 Å². The number of benzene rings is 3. The topological polar surface area (TPSA) is 61.4 Å². The van der Waals surface area contributed by atoms with E-state index in [4.69, 9.17) is 0 Å². The zero-order chi connectivity index (χ0) is 19.9. The summed E-state index contributed by atoms with van der Waals surface area (Å²) in [4.78, 5) is 26.1. The molecule has 5 heteroatoms. The number of nitrogens with zero attached hydrogens (tertiary/aromatic N) is 1. The fourth-order valence-electron chi connectivity index (χ4n) is 3.12. The lowest BCUT2D eigenvalue weighted by Crippen LogP contribution is -2.39. The van der Waals surface area contributed by atoms with Gasteiger partial charge in [0.05, 0.1) is 19.1 Å². The van der Waals surface area contributed by atoms with E-state index in [0.717, 1.165) is 16.6 Å². The molecule has 0 aliphatic carbocycles. The van der Waals surface area contributed by atoms with E-state index in [1.54, 1.807) is 11.9 Å². The molecule has 0 saturated heterocycles. The van der Waals surface area contributed by atoms with Crippen LogP contribution in [0.15, 0.2) is 72.8 Å². The quantitative estimate of drug-likeness (QED) is 0.663. The van der Waals surface area contributed by atoms with Crippen molar-refractivity contribution in [2.24, 2.45) is 0 Å². The molecule has 0 radical (unpaired) electrons. The Labute approximate surface area is 165 Å². The third-order valence-electron chi connectivity index (χ3n) is 4.54. The van der Waals surface area contributed by atoms with Crippen LogP contribution in [-0.4, -0.2) is 36.9 Å². The summed E-state index contributed by atoms with van der Waals surface area (Å²) in [6.07, 6.45) is 0. The molecule has 3 aromatic rings. The van der Waals surface area contributed by atoms with Crippen molar-refractivity contribution in [1.82, 2.24) is 10.2 Å². The van der Waals surface area contributed by atoms with Crippen molar-refractivity contribution < 1.29 is 9.59 Å². The fourth-order valence-corrected chi connectivity index (χ4v) is 3.12. The van der Waals surface area contributed by atoms with E-state index in [9.17, 15) is 9.59 Å². The van der Waals surface area contributed by atoms with Crippen LogP contribution in [0.2, 0.25) is 0 Å². The van der Waals surface area contributed by atoms with E-state index >= 15 is 0 Å². The van der Waals surface area contributed by atoms with Gasteiger partial charge < -0.3 is 10.6 Å². The second kappa shape index (κ2) is 9.15. The van der Waals surface area contributed by atoms with Crippen molar-refractivity contribution >= 4 is 28.3 Å². The highest BCUT2D eigenvalue weighted by Gasteiger charge is 2.14. The lowest BCUT2D eigenvalue weighted by molar-refractivity contribution is -0.123. The van der Waals surface area contributed by atoms with Gasteiger partial charge in [0.1, 0.15) is 0 Å². The van der Waals surface area contributed by atoms with E-state index < -0.39 is 0 Å². The van der Waals surface area contributed by atoms with Gasteiger partial charge in [-0.05, 0) is 48.5 Å². The minimum atomic E-state index is -0.149. The molecule has 28 heavy (non-hydrogen) atoms. The lowest BCUT2D eigenvalue weighted by atomic mass is 10.0. The van der Waals surface area contributed by atoms with Crippen molar-refractivity contribution in [2.75, 3.05) is 25.5 Å². The predicted molar refractivity (Wildman–Crippen MR) is 113 cm³/mol. The second-order valence-corrected chi connectivity index (χ2v) is 6.98. The monoisotopic (exact) mass is 375 g/mol. The molecule has 5 nitrogen and oxygen atoms in total. The molecule has 0 aromatic heterocycles. The summed E-state index contributed by atoms with van der Waals surface area (Å²) in [5.74, 6) is -0.264. The van der Waals surface area contributed by atoms with Gasteiger partial charge in [-0.25, -0.2) is 0 Å². The van der Waals surface area contributed by atoms with Crippen LogP contribution in [0.5, 0.6) is 0 Å². The molecule has 0 fully saturated rings. The number of likely N-dealkylation sites (N-methyl/N-ethyl adjacent to an activating group) is 1. The molecule has 0 heterocycles. The molecular weight excluding hydrogens is 350 g/mol. The third kappa shape index (κ3) is 5.41. The Balaban J connectivity index is 1.50.